The van der Waals surface area contributed by atoms with Crippen molar-refractivity contribution in [3.63, 3.8) is 0 Å². The topological polar surface area (TPSA) is 22.3 Å². The normalized spacial score (nSPS) is 17.6. The molecule has 2 aromatic rings. The minimum atomic E-state index is 0.737. The molecule has 0 unspecified atom stereocenters. The third kappa shape index (κ3) is 2.23. The molecule has 0 atom stereocenters. The summed E-state index contributed by atoms with van der Waals surface area (Å²) in [6, 6.07) is 7.43. The molecule has 1 aliphatic rings. The van der Waals surface area contributed by atoms with E-state index in [9.17, 15) is 0 Å². The SMILES string of the molecule is Cc1ccc(N2CCC(N(C)C)CC2)c2[nH]ccc12. The van der Waals surface area contributed by atoms with Gasteiger partial charge in [-0.1, -0.05) is 6.07 Å². The van der Waals surface area contributed by atoms with Gasteiger partial charge in [-0.2, -0.15) is 0 Å². The highest BCUT2D eigenvalue weighted by molar-refractivity contribution is 5.93. The Hall–Kier alpha value is -1.48. The lowest BCUT2D eigenvalue weighted by Gasteiger charge is -2.36. The lowest BCUT2D eigenvalue weighted by molar-refractivity contribution is 0.250. The van der Waals surface area contributed by atoms with Gasteiger partial charge in [0.2, 0.25) is 0 Å². The Morgan fingerprint density at radius 2 is 1.89 bits per heavy atom. The predicted molar refractivity (Wildman–Crippen MR) is 82.0 cm³/mol. The monoisotopic (exact) mass is 257 g/mol. The smallest absolute Gasteiger partial charge is 0.0694 e. The van der Waals surface area contributed by atoms with Gasteiger partial charge in [-0.05, 0) is 51.6 Å². The van der Waals surface area contributed by atoms with Crippen LogP contribution in [0.25, 0.3) is 10.9 Å². The Kier molecular flexibility index (Phi) is 3.23. The molecular weight excluding hydrogens is 234 g/mol. The molecule has 1 saturated heterocycles. The zero-order valence-corrected chi connectivity index (χ0v) is 12.1. The van der Waals surface area contributed by atoms with Gasteiger partial charge in [-0.15, -0.1) is 0 Å². The third-order valence-electron chi connectivity index (χ3n) is 4.45. The summed E-state index contributed by atoms with van der Waals surface area (Å²) < 4.78 is 0. The average Bonchev–Trinajstić information content (AvgIpc) is 2.89. The zero-order valence-electron chi connectivity index (χ0n) is 12.1. The lowest BCUT2D eigenvalue weighted by Crippen LogP contribution is -2.42. The molecule has 1 N–H and O–H groups in total. The second kappa shape index (κ2) is 4.89. The summed E-state index contributed by atoms with van der Waals surface area (Å²) in [5.41, 5.74) is 4.01. The Balaban J connectivity index is 1.86. The summed E-state index contributed by atoms with van der Waals surface area (Å²) in [6.07, 6.45) is 4.56. The highest BCUT2D eigenvalue weighted by Crippen LogP contribution is 2.30. The quantitative estimate of drug-likeness (QED) is 0.893. The number of piperidine rings is 1. The van der Waals surface area contributed by atoms with Crippen LogP contribution in [0.3, 0.4) is 0 Å². The first-order valence-corrected chi connectivity index (χ1v) is 7.15. The maximum atomic E-state index is 3.41. The third-order valence-corrected chi connectivity index (χ3v) is 4.45. The second-order valence-corrected chi connectivity index (χ2v) is 5.85. The van der Waals surface area contributed by atoms with E-state index in [2.05, 4.69) is 54.0 Å². The molecule has 1 aromatic carbocycles. The van der Waals surface area contributed by atoms with Gasteiger partial charge in [0.1, 0.15) is 0 Å². The second-order valence-electron chi connectivity index (χ2n) is 5.85. The number of aromatic nitrogens is 1. The highest BCUT2D eigenvalue weighted by Gasteiger charge is 2.22. The van der Waals surface area contributed by atoms with E-state index < -0.39 is 0 Å². The Labute approximate surface area is 115 Å². The first-order chi connectivity index (χ1) is 9.16. The fourth-order valence-corrected chi connectivity index (χ4v) is 3.17. The van der Waals surface area contributed by atoms with Crippen LogP contribution in [0, 0.1) is 6.92 Å². The number of anilines is 1. The van der Waals surface area contributed by atoms with Crippen molar-refractivity contribution < 1.29 is 0 Å². The van der Waals surface area contributed by atoms with Crippen LogP contribution in [0.2, 0.25) is 0 Å². The number of benzene rings is 1. The van der Waals surface area contributed by atoms with Crippen molar-refractivity contribution in [3.05, 3.63) is 30.0 Å². The number of nitrogens with one attached hydrogen (secondary N) is 1. The molecule has 3 rings (SSSR count). The molecule has 19 heavy (non-hydrogen) atoms. The van der Waals surface area contributed by atoms with Crippen molar-refractivity contribution >= 4 is 16.6 Å². The minimum Gasteiger partial charge on any atom is -0.370 e. The summed E-state index contributed by atoms with van der Waals surface area (Å²) in [6.45, 7) is 4.48. The molecular formula is C16H23N3. The summed E-state index contributed by atoms with van der Waals surface area (Å²) in [5.74, 6) is 0. The van der Waals surface area contributed by atoms with E-state index in [1.807, 2.05) is 6.20 Å². The molecule has 0 bridgehead atoms. The lowest BCUT2D eigenvalue weighted by atomic mass is 10.0. The molecule has 0 spiro atoms. The Bertz CT molecular complexity index is 562. The highest BCUT2D eigenvalue weighted by atomic mass is 15.2. The van der Waals surface area contributed by atoms with Crippen LogP contribution in [0.5, 0.6) is 0 Å². The number of H-pyrrole nitrogens is 1. The maximum absolute atomic E-state index is 3.41. The van der Waals surface area contributed by atoms with Gasteiger partial charge >= 0.3 is 0 Å². The van der Waals surface area contributed by atoms with E-state index in [0.29, 0.717) is 0 Å². The number of aromatic amines is 1. The van der Waals surface area contributed by atoms with Gasteiger partial charge in [0.25, 0.3) is 0 Å². The summed E-state index contributed by atoms with van der Waals surface area (Å²) in [5, 5.41) is 1.35. The molecule has 3 heteroatoms. The predicted octanol–water partition coefficient (Wildman–Crippen LogP) is 3.01. The van der Waals surface area contributed by atoms with E-state index in [1.54, 1.807) is 0 Å². The van der Waals surface area contributed by atoms with Crippen LogP contribution in [0.1, 0.15) is 18.4 Å². The molecule has 102 valence electrons. The van der Waals surface area contributed by atoms with Gasteiger partial charge in [0.05, 0.1) is 11.2 Å². The van der Waals surface area contributed by atoms with Gasteiger partial charge in [0.15, 0.2) is 0 Å². The first-order valence-electron chi connectivity index (χ1n) is 7.15. The van der Waals surface area contributed by atoms with Crippen molar-refractivity contribution in [1.29, 1.82) is 0 Å². The van der Waals surface area contributed by atoms with E-state index in [4.69, 9.17) is 0 Å². The van der Waals surface area contributed by atoms with Gasteiger partial charge in [-0.3, -0.25) is 0 Å². The molecule has 1 aliphatic heterocycles. The maximum Gasteiger partial charge on any atom is 0.0694 e. The molecule has 1 aromatic heterocycles. The minimum absolute atomic E-state index is 0.737. The van der Waals surface area contributed by atoms with E-state index in [1.165, 1.54) is 35.0 Å². The van der Waals surface area contributed by atoms with Crippen molar-refractivity contribution in [3.8, 4) is 0 Å². The van der Waals surface area contributed by atoms with Crippen molar-refractivity contribution in [2.24, 2.45) is 0 Å². The summed E-state index contributed by atoms with van der Waals surface area (Å²) in [7, 11) is 4.38. The fourth-order valence-electron chi connectivity index (χ4n) is 3.17. The molecule has 0 aliphatic carbocycles. The first kappa shape index (κ1) is 12.5. The molecule has 2 heterocycles. The van der Waals surface area contributed by atoms with E-state index >= 15 is 0 Å². The van der Waals surface area contributed by atoms with Gasteiger partial charge < -0.3 is 14.8 Å². The molecule has 0 saturated carbocycles. The number of aryl methyl sites for hydroxylation is 1. The molecule has 0 radical (unpaired) electrons. The molecule has 3 nitrogen and oxygen atoms in total. The van der Waals surface area contributed by atoms with Gasteiger partial charge in [-0.25, -0.2) is 0 Å². The van der Waals surface area contributed by atoms with E-state index in [-0.39, 0.29) is 0 Å². The van der Waals surface area contributed by atoms with Crippen LogP contribution in [-0.2, 0) is 0 Å². The summed E-state index contributed by atoms with van der Waals surface area (Å²) >= 11 is 0. The van der Waals surface area contributed by atoms with Crippen LogP contribution >= 0.6 is 0 Å². The Morgan fingerprint density at radius 3 is 2.58 bits per heavy atom. The fraction of sp³-hybridized carbons (Fsp3) is 0.500. The number of nitrogens with zero attached hydrogens (tertiary/aromatic N) is 2. The van der Waals surface area contributed by atoms with Crippen LogP contribution < -0.4 is 4.90 Å². The Morgan fingerprint density at radius 1 is 1.16 bits per heavy atom. The molecule has 0 amide bonds. The van der Waals surface area contributed by atoms with Crippen LogP contribution in [0.4, 0.5) is 5.69 Å². The van der Waals surface area contributed by atoms with Crippen molar-refractivity contribution in [2.45, 2.75) is 25.8 Å². The number of hydrogen-bond donors (Lipinski definition) is 1. The average molecular weight is 257 g/mol. The van der Waals surface area contributed by atoms with Crippen LogP contribution in [-0.4, -0.2) is 43.1 Å². The number of fused-ring (bicyclic) bond motifs is 1. The van der Waals surface area contributed by atoms with Crippen molar-refractivity contribution in [1.82, 2.24) is 9.88 Å². The summed E-state index contributed by atoms with van der Waals surface area (Å²) in [4.78, 5) is 8.29. The van der Waals surface area contributed by atoms with Gasteiger partial charge in [0, 0.05) is 30.7 Å². The van der Waals surface area contributed by atoms with Crippen LogP contribution in [0.15, 0.2) is 24.4 Å². The van der Waals surface area contributed by atoms with Crippen molar-refractivity contribution in [2.75, 3.05) is 32.1 Å². The zero-order chi connectivity index (χ0) is 13.4. The molecule has 1 fully saturated rings. The standard InChI is InChI=1S/C16H23N3/c1-12-4-5-15(16-14(12)6-9-17-16)19-10-7-13(8-11-19)18(2)3/h4-6,9,13,17H,7-8,10-11H2,1-3H3. The number of rotatable bonds is 2. The largest absolute Gasteiger partial charge is 0.370 e. The van der Waals surface area contributed by atoms with E-state index in [0.717, 1.165) is 19.1 Å². The number of hydrogen-bond acceptors (Lipinski definition) is 2.